The fourth-order valence-electron chi connectivity index (χ4n) is 3.86. The number of ether oxygens (including phenoxy) is 1. The van der Waals surface area contributed by atoms with E-state index in [1.165, 1.54) is 26.7 Å². The molecule has 0 radical (unpaired) electrons. The number of rotatable bonds is 8. The van der Waals surface area contributed by atoms with Crippen LogP contribution in [0.5, 0.6) is 5.75 Å². The van der Waals surface area contributed by atoms with Crippen molar-refractivity contribution >= 4 is 65.3 Å². The molecule has 3 aromatic carbocycles. The normalized spacial score (nSPS) is 12.2. The first kappa shape index (κ1) is 23.6. The van der Waals surface area contributed by atoms with Crippen molar-refractivity contribution in [1.29, 1.82) is 0 Å². The first-order chi connectivity index (χ1) is 15.8. The molecule has 1 N–H and O–H groups in total. The minimum atomic E-state index is -0.0594. The Hall–Kier alpha value is -2.51. The van der Waals surface area contributed by atoms with Gasteiger partial charge in [0, 0.05) is 63.6 Å². The van der Waals surface area contributed by atoms with E-state index in [0.29, 0.717) is 11.7 Å². The maximum atomic E-state index is 11.7. The van der Waals surface area contributed by atoms with Gasteiger partial charge in [-0.15, -0.1) is 0 Å². The van der Waals surface area contributed by atoms with Gasteiger partial charge in [0.25, 0.3) is 5.91 Å². The monoisotopic (exact) mass is 571 g/mol. The summed E-state index contributed by atoms with van der Waals surface area (Å²) in [5, 5.41) is 6.03. The largest absolute Gasteiger partial charge is 0.484 e. The number of carbonyl (C=O) groups excluding carboxylic acids is 1. The zero-order valence-electron chi connectivity index (χ0n) is 18.9. The molecule has 0 aliphatic heterocycles. The maximum Gasteiger partial charge on any atom is 0.259 e. The van der Waals surface area contributed by atoms with Gasteiger partial charge in [0.05, 0.1) is 0 Å². The van der Waals surface area contributed by atoms with Crippen LogP contribution >= 0.6 is 31.9 Å². The van der Waals surface area contributed by atoms with Crippen LogP contribution in [0.2, 0.25) is 0 Å². The quantitative estimate of drug-likeness (QED) is 0.261. The van der Waals surface area contributed by atoms with E-state index < -0.39 is 0 Å². The van der Waals surface area contributed by atoms with Crippen molar-refractivity contribution in [2.45, 2.75) is 13.5 Å². The molecule has 172 valence electrons. The minimum absolute atomic E-state index is 0.0444. The molecule has 1 unspecified atom stereocenters. The number of likely N-dealkylation sites (N-methyl/N-ethyl adjacent to an activating group) is 1. The van der Waals surface area contributed by atoms with E-state index in [0.717, 1.165) is 27.7 Å². The van der Waals surface area contributed by atoms with Gasteiger partial charge in [-0.05, 0) is 66.6 Å². The molecule has 0 aliphatic carbocycles. The number of aromatic nitrogens is 1. The number of amides is 1. The average Bonchev–Trinajstić information content (AvgIpc) is 3.08. The number of hydrogen-bond acceptors (Lipinski definition) is 3. The summed E-state index contributed by atoms with van der Waals surface area (Å²) >= 11 is 7.23. The van der Waals surface area contributed by atoms with Gasteiger partial charge in [-0.1, -0.05) is 38.8 Å². The van der Waals surface area contributed by atoms with Gasteiger partial charge in [-0.2, -0.15) is 0 Å². The highest BCUT2D eigenvalue weighted by Crippen LogP contribution is 2.33. The fraction of sp³-hybridized carbons (Fsp3) is 0.269. The lowest BCUT2D eigenvalue weighted by Crippen LogP contribution is -2.27. The van der Waals surface area contributed by atoms with E-state index in [1.54, 1.807) is 14.1 Å². The maximum absolute atomic E-state index is 11.7. The molecule has 33 heavy (non-hydrogen) atoms. The molecule has 0 bridgehead atoms. The van der Waals surface area contributed by atoms with Crippen LogP contribution < -0.4 is 10.1 Å². The lowest BCUT2D eigenvalue weighted by Gasteiger charge is -2.17. The van der Waals surface area contributed by atoms with Crippen LogP contribution in [-0.2, 0) is 11.3 Å². The van der Waals surface area contributed by atoms with E-state index in [1.807, 2.05) is 24.3 Å². The van der Waals surface area contributed by atoms with E-state index in [-0.39, 0.29) is 12.5 Å². The number of nitrogens with zero attached hydrogens (tertiary/aromatic N) is 2. The zero-order chi connectivity index (χ0) is 23.5. The second-order valence-corrected chi connectivity index (χ2v) is 10.4. The standard InChI is InChI=1S/C26H27Br2N3O2/c1-17(14-29-20-6-8-21(9-7-20)33-16-26(32)30(2)3)15-31-24-10-4-18(27)12-22(24)23-13-19(28)5-11-25(23)31/h4-13,17,29H,14-16H2,1-3H3. The molecule has 7 heteroatoms. The summed E-state index contributed by atoms with van der Waals surface area (Å²) in [6.45, 7) is 4.05. The zero-order valence-corrected chi connectivity index (χ0v) is 22.1. The van der Waals surface area contributed by atoms with Gasteiger partial charge in [-0.25, -0.2) is 0 Å². The number of benzene rings is 3. The van der Waals surface area contributed by atoms with Crippen molar-refractivity contribution < 1.29 is 9.53 Å². The molecule has 0 saturated carbocycles. The third-order valence-corrected chi connectivity index (χ3v) is 6.64. The number of nitrogens with one attached hydrogen (secondary N) is 1. The molecule has 4 rings (SSSR count). The van der Waals surface area contributed by atoms with Crippen molar-refractivity contribution in [1.82, 2.24) is 9.47 Å². The molecular formula is C26H27Br2N3O2. The Morgan fingerprint density at radius 1 is 0.970 bits per heavy atom. The summed E-state index contributed by atoms with van der Waals surface area (Å²) in [4.78, 5) is 13.2. The van der Waals surface area contributed by atoms with Gasteiger partial charge in [0.1, 0.15) is 5.75 Å². The molecule has 0 spiro atoms. The third-order valence-electron chi connectivity index (χ3n) is 5.65. The third kappa shape index (κ3) is 5.53. The van der Waals surface area contributed by atoms with Crippen LogP contribution in [0.1, 0.15) is 6.92 Å². The van der Waals surface area contributed by atoms with E-state index in [2.05, 4.69) is 85.1 Å². The molecular weight excluding hydrogens is 546 g/mol. The first-order valence-electron chi connectivity index (χ1n) is 10.9. The van der Waals surface area contributed by atoms with Crippen molar-refractivity contribution in [3.8, 4) is 5.75 Å². The predicted molar refractivity (Wildman–Crippen MR) is 143 cm³/mol. The van der Waals surface area contributed by atoms with Crippen LogP contribution in [0.15, 0.2) is 69.6 Å². The summed E-state index contributed by atoms with van der Waals surface area (Å²) in [5.41, 5.74) is 3.52. The average molecular weight is 573 g/mol. The highest BCUT2D eigenvalue weighted by molar-refractivity contribution is 9.10. The predicted octanol–water partition coefficient (Wildman–Crippen LogP) is 6.53. The fourth-order valence-corrected chi connectivity index (χ4v) is 4.58. The molecule has 1 amide bonds. The highest BCUT2D eigenvalue weighted by atomic mass is 79.9. The SMILES string of the molecule is CC(CNc1ccc(OCC(=O)N(C)C)cc1)Cn1c2ccc(Br)cc2c2cc(Br)ccc21. The van der Waals surface area contributed by atoms with E-state index >= 15 is 0 Å². The number of halogens is 2. The Labute approximate surface area is 211 Å². The molecule has 0 aliphatic rings. The highest BCUT2D eigenvalue weighted by Gasteiger charge is 2.14. The Bertz CT molecular complexity index is 1220. The van der Waals surface area contributed by atoms with Crippen LogP contribution in [0, 0.1) is 5.92 Å². The number of fused-ring (bicyclic) bond motifs is 3. The topological polar surface area (TPSA) is 46.5 Å². The molecule has 4 aromatic rings. The van der Waals surface area contributed by atoms with Crippen LogP contribution in [0.3, 0.4) is 0 Å². The second-order valence-electron chi connectivity index (χ2n) is 8.52. The molecule has 0 saturated heterocycles. The second kappa shape index (κ2) is 10.2. The van der Waals surface area contributed by atoms with Gasteiger partial charge in [-0.3, -0.25) is 4.79 Å². The summed E-state index contributed by atoms with van der Waals surface area (Å²) in [7, 11) is 3.44. The number of anilines is 1. The Morgan fingerprint density at radius 2 is 1.55 bits per heavy atom. The Kier molecular flexibility index (Phi) is 7.29. The lowest BCUT2D eigenvalue weighted by atomic mass is 10.1. The van der Waals surface area contributed by atoms with Crippen LogP contribution in [0.4, 0.5) is 5.69 Å². The van der Waals surface area contributed by atoms with Gasteiger partial charge in [0.2, 0.25) is 0 Å². The molecule has 1 atom stereocenters. The lowest BCUT2D eigenvalue weighted by molar-refractivity contribution is -0.130. The first-order valence-corrected chi connectivity index (χ1v) is 12.4. The Morgan fingerprint density at radius 3 is 2.09 bits per heavy atom. The number of hydrogen-bond donors (Lipinski definition) is 1. The summed E-state index contributed by atoms with van der Waals surface area (Å²) < 4.78 is 10.1. The number of carbonyl (C=O) groups is 1. The minimum Gasteiger partial charge on any atom is -0.484 e. The molecule has 1 heterocycles. The Balaban J connectivity index is 1.43. The van der Waals surface area contributed by atoms with Crippen LogP contribution in [0.25, 0.3) is 21.8 Å². The van der Waals surface area contributed by atoms with Crippen molar-refractivity contribution in [2.24, 2.45) is 5.92 Å². The van der Waals surface area contributed by atoms with Crippen LogP contribution in [-0.4, -0.2) is 42.6 Å². The van der Waals surface area contributed by atoms with Crippen molar-refractivity contribution in [3.63, 3.8) is 0 Å². The molecule has 1 aromatic heterocycles. The summed E-state index contributed by atoms with van der Waals surface area (Å²) in [6, 6.07) is 20.7. The van der Waals surface area contributed by atoms with E-state index in [9.17, 15) is 4.79 Å². The van der Waals surface area contributed by atoms with Crippen molar-refractivity contribution in [3.05, 3.63) is 69.6 Å². The van der Waals surface area contributed by atoms with Gasteiger partial charge in [0.15, 0.2) is 6.61 Å². The smallest absolute Gasteiger partial charge is 0.259 e. The summed E-state index contributed by atoms with van der Waals surface area (Å²) in [6.07, 6.45) is 0. The molecule has 0 fully saturated rings. The van der Waals surface area contributed by atoms with Gasteiger partial charge < -0.3 is 19.5 Å². The molecule has 5 nitrogen and oxygen atoms in total. The van der Waals surface area contributed by atoms with Gasteiger partial charge >= 0.3 is 0 Å². The van der Waals surface area contributed by atoms with E-state index in [4.69, 9.17) is 4.74 Å². The summed E-state index contributed by atoms with van der Waals surface area (Å²) in [5.74, 6) is 1.03. The van der Waals surface area contributed by atoms with Crippen molar-refractivity contribution in [2.75, 3.05) is 32.6 Å².